The van der Waals surface area contributed by atoms with Crippen LogP contribution in [-0.4, -0.2) is 17.2 Å². The number of rotatable bonds is 3. The molecule has 0 unspecified atom stereocenters. The SMILES string of the molecule is OB(O)c1cccc2c1sc1c(-c3cccc4c3oc3c(-c5cccc6c5sc5ccccc56)cccc34)cccc12. The van der Waals surface area contributed by atoms with Gasteiger partial charge in [0.05, 0.1) is 0 Å². The molecule has 0 saturated heterocycles. The summed E-state index contributed by atoms with van der Waals surface area (Å²) >= 11 is 3.43. The van der Waals surface area contributed by atoms with Crippen LogP contribution in [0.5, 0.6) is 0 Å². The average Bonchev–Trinajstić information content (AvgIpc) is 3.72. The molecule has 6 aromatic carbocycles. The molecule has 0 spiro atoms. The maximum atomic E-state index is 10.0. The van der Waals surface area contributed by atoms with Gasteiger partial charge in [-0.05, 0) is 16.9 Å². The number of hydrogen-bond donors (Lipinski definition) is 2. The summed E-state index contributed by atoms with van der Waals surface area (Å²) in [6, 6.07) is 40.0. The van der Waals surface area contributed by atoms with Crippen LogP contribution in [0.1, 0.15) is 0 Å². The molecule has 0 atom stereocenters. The Hall–Kier alpha value is -4.46. The van der Waals surface area contributed by atoms with Gasteiger partial charge in [0.25, 0.3) is 0 Å². The standard InChI is InChI=1S/C36H21BO3S2/c38-37(39)30-18-7-17-29-28-16-6-15-27(35(28)42-36(29)30)24-12-4-10-22-21-9-3-11-23(32(21)40-33(22)24)26-14-5-13-25-20-8-1-2-19-31(20)41-34(25)26/h1-19,38-39H. The summed E-state index contributed by atoms with van der Waals surface area (Å²) in [7, 11) is -1.52. The summed E-state index contributed by atoms with van der Waals surface area (Å²) in [4.78, 5) is 0. The number of hydrogen-bond acceptors (Lipinski definition) is 5. The van der Waals surface area contributed by atoms with Gasteiger partial charge in [0.15, 0.2) is 0 Å². The van der Waals surface area contributed by atoms with Crippen molar-refractivity contribution in [1.82, 2.24) is 0 Å². The van der Waals surface area contributed by atoms with Gasteiger partial charge in [-0.15, -0.1) is 22.7 Å². The molecule has 3 nitrogen and oxygen atoms in total. The van der Waals surface area contributed by atoms with E-state index in [9.17, 15) is 10.0 Å². The Morgan fingerprint density at radius 2 is 0.905 bits per heavy atom. The van der Waals surface area contributed by atoms with Crippen LogP contribution in [0.4, 0.5) is 0 Å². The highest BCUT2D eigenvalue weighted by Gasteiger charge is 2.22. The highest BCUT2D eigenvalue weighted by molar-refractivity contribution is 7.27. The van der Waals surface area contributed by atoms with Crippen LogP contribution in [0, 0.1) is 0 Å². The maximum absolute atomic E-state index is 10.0. The predicted molar refractivity (Wildman–Crippen MR) is 180 cm³/mol. The highest BCUT2D eigenvalue weighted by Crippen LogP contribution is 2.46. The molecule has 2 N–H and O–H groups in total. The van der Waals surface area contributed by atoms with Crippen LogP contribution in [0.25, 0.3) is 84.5 Å². The van der Waals surface area contributed by atoms with Gasteiger partial charge in [-0.1, -0.05) is 109 Å². The quantitative estimate of drug-likeness (QED) is 0.206. The minimum Gasteiger partial charge on any atom is -0.455 e. The maximum Gasteiger partial charge on any atom is 0.489 e. The molecule has 9 aromatic rings. The van der Waals surface area contributed by atoms with Gasteiger partial charge in [-0.3, -0.25) is 0 Å². The van der Waals surface area contributed by atoms with Crippen LogP contribution in [-0.2, 0) is 0 Å². The molecule has 0 amide bonds. The molecule has 198 valence electrons. The second kappa shape index (κ2) is 9.02. The molecule has 9 rings (SSSR count). The van der Waals surface area contributed by atoms with E-state index in [2.05, 4.69) is 97.1 Å². The number of thiophene rings is 2. The van der Waals surface area contributed by atoms with Gasteiger partial charge in [-0.25, -0.2) is 0 Å². The summed E-state index contributed by atoms with van der Waals surface area (Å²) in [5.41, 5.74) is 6.65. The monoisotopic (exact) mass is 576 g/mol. The van der Waals surface area contributed by atoms with Gasteiger partial charge in [0.1, 0.15) is 11.2 Å². The molecule has 3 aromatic heterocycles. The Labute approximate surface area is 248 Å². The summed E-state index contributed by atoms with van der Waals surface area (Å²) in [6.07, 6.45) is 0. The van der Waals surface area contributed by atoms with E-state index in [0.29, 0.717) is 5.46 Å². The zero-order valence-electron chi connectivity index (χ0n) is 22.2. The Kier molecular flexibility index (Phi) is 5.19. The lowest BCUT2D eigenvalue weighted by atomic mass is 9.80. The third-order valence-corrected chi connectivity index (χ3v) is 10.9. The van der Waals surface area contributed by atoms with Crippen molar-refractivity contribution in [3.63, 3.8) is 0 Å². The van der Waals surface area contributed by atoms with E-state index in [4.69, 9.17) is 4.42 Å². The summed E-state index contributed by atoms with van der Waals surface area (Å²) < 4.78 is 11.4. The third-order valence-electron chi connectivity index (χ3n) is 8.34. The van der Waals surface area contributed by atoms with E-state index in [1.54, 1.807) is 17.4 Å². The molecule has 0 radical (unpaired) electrons. The van der Waals surface area contributed by atoms with E-state index in [1.165, 1.54) is 25.7 Å². The largest absolute Gasteiger partial charge is 0.489 e. The molecule has 0 aliphatic carbocycles. The second-order valence-electron chi connectivity index (χ2n) is 10.6. The fraction of sp³-hybridized carbons (Fsp3) is 0. The lowest BCUT2D eigenvalue weighted by molar-refractivity contribution is 0.426. The molecule has 6 heteroatoms. The lowest BCUT2D eigenvalue weighted by Crippen LogP contribution is -2.29. The number of fused-ring (bicyclic) bond motifs is 9. The molecule has 0 saturated carbocycles. The van der Waals surface area contributed by atoms with Gasteiger partial charge in [0.2, 0.25) is 0 Å². The fourth-order valence-electron chi connectivity index (χ4n) is 6.46. The highest BCUT2D eigenvalue weighted by atomic mass is 32.1. The number of furan rings is 1. The minimum atomic E-state index is -1.52. The van der Waals surface area contributed by atoms with Crippen LogP contribution >= 0.6 is 22.7 Å². The molecule has 0 aliphatic rings. The van der Waals surface area contributed by atoms with Gasteiger partial charge < -0.3 is 14.5 Å². The van der Waals surface area contributed by atoms with Crippen molar-refractivity contribution < 1.29 is 14.5 Å². The van der Waals surface area contributed by atoms with Crippen LogP contribution in [0.3, 0.4) is 0 Å². The normalized spacial score (nSPS) is 12.0. The number of benzene rings is 6. The first-order valence-corrected chi connectivity index (χ1v) is 15.5. The second-order valence-corrected chi connectivity index (χ2v) is 12.7. The van der Waals surface area contributed by atoms with E-state index < -0.39 is 7.12 Å². The van der Waals surface area contributed by atoms with Gasteiger partial charge >= 0.3 is 7.12 Å². The Morgan fingerprint density at radius 1 is 0.429 bits per heavy atom. The van der Waals surface area contributed by atoms with Crippen molar-refractivity contribution in [2.24, 2.45) is 0 Å². The van der Waals surface area contributed by atoms with Gasteiger partial charge in [0, 0.05) is 68.0 Å². The third kappa shape index (κ3) is 3.35. The molecule has 0 aliphatic heterocycles. The topological polar surface area (TPSA) is 53.6 Å². The van der Waals surface area contributed by atoms with Crippen molar-refractivity contribution in [2.45, 2.75) is 0 Å². The minimum absolute atomic E-state index is 0.529. The zero-order chi connectivity index (χ0) is 27.9. The van der Waals surface area contributed by atoms with Crippen molar-refractivity contribution >= 4 is 97.5 Å². The first kappa shape index (κ1) is 24.2. The smallest absolute Gasteiger partial charge is 0.455 e. The van der Waals surface area contributed by atoms with Crippen LogP contribution in [0.15, 0.2) is 120 Å². The first-order chi connectivity index (χ1) is 20.7. The predicted octanol–water partition coefficient (Wildman–Crippen LogP) is 9.34. The Morgan fingerprint density at radius 3 is 1.55 bits per heavy atom. The number of para-hydroxylation sites is 2. The average molecular weight is 577 g/mol. The molecular formula is C36H21BO3S2. The Balaban J connectivity index is 1.32. The first-order valence-electron chi connectivity index (χ1n) is 13.8. The van der Waals surface area contributed by atoms with Crippen LogP contribution < -0.4 is 5.46 Å². The lowest BCUT2D eigenvalue weighted by Gasteiger charge is -2.05. The molecule has 0 bridgehead atoms. The summed E-state index contributed by atoms with van der Waals surface area (Å²) in [6.45, 7) is 0. The van der Waals surface area contributed by atoms with Crippen LogP contribution in [0.2, 0.25) is 0 Å². The van der Waals surface area contributed by atoms with Crippen molar-refractivity contribution in [1.29, 1.82) is 0 Å². The van der Waals surface area contributed by atoms with E-state index in [0.717, 1.165) is 58.8 Å². The van der Waals surface area contributed by atoms with Crippen molar-refractivity contribution in [3.05, 3.63) is 115 Å². The van der Waals surface area contributed by atoms with Crippen molar-refractivity contribution in [3.8, 4) is 22.3 Å². The molecular weight excluding hydrogens is 555 g/mol. The Bertz CT molecular complexity index is 2520. The zero-order valence-corrected chi connectivity index (χ0v) is 23.8. The molecule has 3 heterocycles. The van der Waals surface area contributed by atoms with Crippen molar-refractivity contribution in [2.75, 3.05) is 0 Å². The fourth-order valence-corrected chi connectivity index (χ4v) is 9.05. The molecule has 42 heavy (non-hydrogen) atoms. The van der Waals surface area contributed by atoms with E-state index in [1.807, 2.05) is 23.5 Å². The van der Waals surface area contributed by atoms with E-state index >= 15 is 0 Å². The molecule has 0 fully saturated rings. The summed E-state index contributed by atoms with van der Waals surface area (Å²) in [5, 5.41) is 26.9. The van der Waals surface area contributed by atoms with Gasteiger partial charge in [-0.2, -0.15) is 0 Å². The summed E-state index contributed by atoms with van der Waals surface area (Å²) in [5.74, 6) is 0. The van der Waals surface area contributed by atoms with E-state index in [-0.39, 0.29) is 0 Å².